The molecule has 0 aromatic carbocycles. The molecule has 0 amide bonds. The monoisotopic (exact) mass is 252 g/mol. The summed E-state index contributed by atoms with van der Waals surface area (Å²) < 4.78 is 13.9. The minimum absolute atomic E-state index is 0.0425. The van der Waals surface area contributed by atoms with Gasteiger partial charge in [0.15, 0.2) is 11.6 Å². The summed E-state index contributed by atoms with van der Waals surface area (Å²) in [6, 6.07) is 1.33. The molecule has 4 nitrogen and oxygen atoms in total. The zero-order valence-corrected chi connectivity index (χ0v) is 10.5. The third kappa shape index (κ3) is 2.30. The summed E-state index contributed by atoms with van der Waals surface area (Å²) in [5, 5.41) is 11.9. The van der Waals surface area contributed by atoms with Crippen LogP contribution in [0.25, 0.3) is 0 Å². The van der Waals surface area contributed by atoms with E-state index >= 15 is 0 Å². The maximum Gasteiger partial charge on any atom is 0.338 e. The Kier molecular flexibility index (Phi) is 3.50. The Balaban J connectivity index is 2.20. The number of aromatic carboxylic acids is 1. The lowest BCUT2D eigenvalue weighted by Gasteiger charge is -2.20. The number of carboxylic acid groups (broad SMARTS) is 1. The molecule has 2 rings (SSSR count). The Bertz CT molecular complexity index is 464. The van der Waals surface area contributed by atoms with Crippen LogP contribution in [0.4, 0.5) is 10.2 Å². The fraction of sp³-hybridized carbons (Fsp3) is 0.538. The predicted molar refractivity (Wildman–Crippen MR) is 66.1 cm³/mol. The lowest BCUT2D eigenvalue weighted by molar-refractivity contribution is 0.0692. The number of carboxylic acids is 1. The van der Waals surface area contributed by atoms with E-state index in [0.717, 1.165) is 12.8 Å². The normalized spacial score (nSPS) is 27.2. The number of anilines is 1. The molecule has 1 aromatic rings. The first kappa shape index (κ1) is 12.8. The Morgan fingerprint density at radius 1 is 1.50 bits per heavy atom. The van der Waals surface area contributed by atoms with Crippen molar-refractivity contribution in [1.29, 1.82) is 0 Å². The average Bonchev–Trinajstić information content (AvgIpc) is 2.63. The Morgan fingerprint density at radius 2 is 2.22 bits per heavy atom. The van der Waals surface area contributed by atoms with Crippen LogP contribution in [0.3, 0.4) is 0 Å². The molecule has 5 heteroatoms. The molecule has 0 aliphatic heterocycles. The second-order valence-electron chi connectivity index (χ2n) is 4.99. The average molecular weight is 252 g/mol. The zero-order chi connectivity index (χ0) is 13.3. The van der Waals surface area contributed by atoms with E-state index < -0.39 is 11.8 Å². The van der Waals surface area contributed by atoms with Gasteiger partial charge < -0.3 is 10.4 Å². The first-order valence-corrected chi connectivity index (χ1v) is 6.15. The van der Waals surface area contributed by atoms with Gasteiger partial charge in [-0.3, -0.25) is 0 Å². The number of hydrogen-bond acceptors (Lipinski definition) is 3. The van der Waals surface area contributed by atoms with E-state index in [0.29, 0.717) is 11.8 Å². The maximum absolute atomic E-state index is 13.9. The highest BCUT2D eigenvalue weighted by Crippen LogP contribution is 2.33. The van der Waals surface area contributed by atoms with Gasteiger partial charge in [0.1, 0.15) is 5.56 Å². The number of aromatic nitrogens is 1. The van der Waals surface area contributed by atoms with Gasteiger partial charge in [-0.15, -0.1) is 0 Å². The SMILES string of the molecule is CC1CCC(Nc2nccc(C(=O)O)c2F)C1C. The number of carbonyl (C=O) groups is 1. The minimum Gasteiger partial charge on any atom is -0.478 e. The van der Waals surface area contributed by atoms with E-state index in [4.69, 9.17) is 5.11 Å². The summed E-state index contributed by atoms with van der Waals surface area (Å²) in [4.78, 5) is 14.7. The van der Waals surface area contributed by atoms with Crippen molar-refractivity contribution in [2.24, 2.45) is 11.8 Å². The number of halogens is 1. The number of pyridine rings is 1. The molecule has 0 bridgehead atoms. The minimum atomic E-state index is -1.27. The molecule has 1 fully saturated rings. The smallest absolute Gasteiger partial charge is 0.338 e. The molecule has 98 valence electrons. The van der Waals surface area contributed by atoms with Gasteiger partial charge in [0.2, 0.25) is 0 Å². The van der Waals surface area contributed by atoms with Crippen molar-refractivity contribution in [1.82, 2.24) is 4.98 Å². The van der Waals surface area contributed by atoms with Crippen LogP contribution in [0.2, 0.25) is 0 Å². The second-order valence-corrected chi connectivity index (χ2v) is 4.99. The molecule has 3 atom stereocenters. The molecule has 1 aliphatic carbocycles. The van der Waals surface area contributed by atoms with Crippen molar-refractivity contribution >= 4 is 11.8 Å². The molecule has 1 aliphatic rings. The molecular weight excluding hydrogens is 235 g/mol. The largest absolute Gasteiger partial charge is 0.478 e. The Morgan fingerprint density at radius 3 is 2.78 bits per heavy atom. The van der Waals surface area contributed by atoms with E-state index in [1.807, 2.05) is 0 Å². The van der Waals surface area contributed by atoms with Crippen molar-refractivity contribution in [3.05, 3.63) is 23.6 Å². The van der Waals surface area contributed by atoms with E-state index in [1.54, 1.807) is 0 Å². The van der Waals surface area contributed by atoms with E-state index in [9.17, 15) is 9.18 Å². The molecule has 3 unspecified atom stereocenters. The quantitative estimate of drug-likeness (QED) is 0.868. The van der Waals surface area contributed by atoms with E-state index in [-0.39, 0.29) is 17.4 Å². The number of hydrogen-bond donors (Lipinski definition) is 2. The highest BCUT2D eigenvalue weighted by molar-refractivity contribution is 5.88. The molecule has 0 saturated heterocycles. The molecule has 1 saturated carbocycles. The molecule has 0 radical (unpaired) electrons. The summed E-state index contributed by atoms with van der Waals surface area (Å²) in [6.07, 6.45) is 3.37. The lowest BCUT2D eigenvalue weighted by atomic mass is 9.98. The van der Waals surface area contributed by atoms with Crippen LogP contribution < -0.4 is 5.32 Å². The third-order valence-corrected chi connectivity index (χ3v) is 3.91. The fourth-order valence-electron chi connectivity index (χ4n) is 2.45. The van der Waals surface area contributed by atoms with E-state index in [1.165, 1.54) is 12.3 Å². The van der Waals surface area contributed by atoms with Crippen LogP contribution in [0, 0.1) is 17.7 Å². The van der Waals surface area contributed by atoms with Crippen molar-refractivity contribution in [3.63, 3.8) is 0 Å². The number of nitrogens with one attached hydrogen (secondary N) is 1. The van der Waals surface area contributed by atoms with Crippen LogP contribution in [0.5, 0.6) is 0 Å². The van der Waals surface area contributed by atoms with Gasteiger partial charge in [-0.2, -0.15) is 0 Å². The van der Waals surface area contributed by atoms with Gasteiger partial charge >= 0.3 is 5.97 Å². The number of rotatable bonds is 3. The first-order valence-electron chi connectivity index (χ1n) is 6.15. The molecule has 2 N–H and O–H groups in total. The molecule has 1 aromatic heterocycles. The molecular formula is C13H17FN2O2. The highest BCUT2D eigenvalue weighted by atomic mass is 19.1. The van der Waals surface area contributed by atoms with Crippen LogP contribution in [-0.4, -0.2) is 22.1 Å². The standard InChI is InChI=1S/C13H17FN2O2/c1-7-3-4-10(8(7)2)16-12-11(14)9(13(17)18)5-6-15-12/h5-8,10H,3-4H2,1-2H3,(H,15,16)(H,17,18). The van der Waals surface area contributed by atoms with Crippen molar-refractivity contribution in [3.8, 4) is 0 Å². The van der Waals surface area contributed by atoms with Gasteiger partial charge in [-0.25, -0.2) is 14.2 Å². The summed E-state index contributed by atoms with van der Waals surface area (Å²) in [7, 11) is 0. The zero-order valence-electron chi connectivity index (χ0n) is 10.5. The topological polar surface area (TPSA) is 62.2 Å². The maximum atomic E-state index is 13.9. The van der Waals surface area contributed by atoms with Crippen molar-refractivity contribution < 1.29 is 14.3 Å². The molecule has 18 heavy (non-hydrogen) atoms. The van der Waals surface area contributed by atoms with Gasteiger partial charge in [0.25, 0.3) is 0 Å². The lowest BCUT2D eigenvalue weighted by Crippen LogP contribution is -2.25. The van der Waals surface area contributed by atoms with Crippen LogP contribution in [0.1, 0.15) is 37.0 Å². The first-order chi connectivity index (χ1) is 8.50. The van der Waals surface area contributed by atoms with Crippen LogP contribution >= 0.6 is 0 Å². The summed E-state index contributed by atoms with van der Waals surface area (Å²) >= 11 is 0. The molecule has 0 spiro atoms. The Hall–Kier alpha value is -1.65. The van der Waals surface area contributed by atoms with Crippen molar-refractivity contribution in [2.45, 2.75) is 32.7 Å². The van der Waals surface area contributed by atoms with Gasteiger partial charge in [-0.05, 0) is 30.7 Å². The second kappa shape index (κ2) is 4.92. The molecule has 1 heterocycles. The fourth-order valence-corrected chi connectivity index (χ4v) is 2.45. The Labute approximate surface area is 105 Å². The van der Waals surface area contributed by atoms with Gasteiger partial charge in [0, 0.05) is 12.2 Å². The summed E-state index contributed by atoms with van der Waals surface area (Å²) in [5.41, 5.74) is -0.341. The summed E-state index contributed by atoms with van der Waals surface area (Å²) in [5.74, 6) is -0.990. The van der Waals surface area contributed by atoms with E-state index in [2.05, 4.69) is 24.1 Å². The van der Waals surface area contributed by atoms with Gasteiger partial charge in [0.05, 0.1) is 0 Å². The third-order valence-electron chi connectivity index (χ3n) is 3.91. The summed E-state index contributed by atoms with van der Waals surface area (Å²) in [6.45, 7) is 4.29. The predicted octanol–water partition coefficient (Wildman–Crippen LogP) is 2.77. The van der Waals surface area contributed by atoms with Gasteiger partial charge in [-0.1, -0.05) is 13.8 Å². The highest BCUT2D eigenvalue weighted by Gasteiger charge is 2.30. The number of nitrogens with zero attached hydrogens (tertiary/aromatic N) is 1. The van der Waals surface area contributed by atoms with Crippen molar-refractivity contribution in [2.75, 3.05) is 5.32 Å². The van der Waals surface area contributed by atoms with Crippen LogP contribution in [0.15, 0.2) is 12.3 Å². The van der Waals surface area contributed by atoms with Crippen LogP contribution in [-0.2, 0) is 0 Å².